The van der Waals surface area contributed by atoms with Gasteiger partial charge in [-0.3, -0.25) is 0 Å². The van der Waals surface area contributed by atoms with E-state index in [0.29, 0.717) is 17.9 Å². The van der Waals surface area contributed by atoms with Gasteiger partial charge in [0.2, 0.25) is 5.89 Å². The summed E-state index contributed by atoms with van der Waals surface area (Å²) >= 11 is 0. The fourth-order valence-electron chi connectivity index (χ4n) is 2.08. The van der Waals surface area contributed by atoms with E-state index in [-0.39, 0.29) is 0 Å². The van der Waals surface area contributed by atoms with Crippen LogP contribution in [0, 0.1) is 6.92 Å². The van der Waals surface area contributed by atoms with Gasteiger partial charge in [0.15, 0.2) is 5.82 Å². The summed E-state index contributed by atoms with van der Waals surface area (Å²) in [4.78, 5) is 4.27. The number of nitrogens with one attached hydrogen (secondary N) is 1. The molecule has 1 saturated carbocycles. The van der Waals surface area contributed by atoms with Gasteiger partial charge in [0.05, 0.1) is 0 Å². The van der Waals surface area contributed by atoms with Crippen LogP contribution in [-0.4, -0.2) is 23.2 Å². The van der Waals surface area contributed by atoms with Crippen molar-refractivity contribution in [3.8, 4) is 0 Å². The Morgan fingerprint density at radius 2 is 2.31 bits per heavy atom. The van der Waals surface area contributed by atoms with Crippen LogP contribution < -0.4 is 5.32 Å². The van der Waals surface area contributed by atoms with Gasteiger partial charge in [-0.1, -0.05) is 11.6 Å². The second-order valence-electron chi connectivity index (χ2n) is 3.60. The average Bonchev–Trinajstić information content (AvgIpc) is 2.71. The van der Waals surface area contributed by atoms with Gasteiger partial charge >= 0.3 is 0 Å². The molecule has 1 N–H and O–H groups in total. The van der Waals surface area contributed by atoms with Crippen LogP contribution in [0.25, 0.3) is 0 Å². The van der Waals surface area contributed by atoms with E-state index in [1.54, 1.807) is 0 Å². The van der Waals surface area contributed by atoms with Crippen molar-refractivity contribution in [2.45, 2.75) is 38.1 Å². The quantitative estimate of drug-likeness (QED) is 0.745. The highest BCUT2D eigenvalue weighted by molar-refractivity contribution is 5.03. The normalized spacial score (nSPS) is 28.2. The van der Waals surface area contributed by atoms with E-state index in [9.17, 15) is 0 Å². The topological polar surface area (TPSA) is 51.0 Å². The minimum Gasteiger partial charge on any atom is -0.340 e. The lowest BCUT2D eigenvalue weighted by atomic mass is 10.0. The standard InChI is InChI=1S/C9H15N3O/c1-6-11-9(12-13-6)7-4-3-5-8(7)10-2/h7-8,10H,3-5H2,1-2H3/t7-,8+/m0/s1. The summed E-state index contributed by atoms with van der Waals surface area (Å²) in [5, 5.41) is 7.27. The Labute approximate surface area is 77.7 Å². The van der Waals surface area contributed by atoms with Crippen LogP contribution in [0.4, 0.5) is 0 Å². The lowest BCUT2D eigenvalue weighted by Crippen LogP contribution is -2.28. The molecule has 0 saturated heterocycles. The molecule has 0 unspecified atom stereocenters. The van der Waals surface area contributed by atoms with Gasteiger partial charge in [-0.05, 0) is 19.9 Å². The van der Waals surface area contributed by atoms with Crippen LogP contribution in [0.3, 0.4) is 0 Å². The summed E-state index contributed by atoms with van der Waals surface area (Å²) in [7, 11) is 2.00. The second kappa shape index (κ2) is 3.46. The van der Waals surface area contributed by atoms with Crippen molar-refractivity contribution in [2.75, 3.05) is 7.05 Å². The third-order valence-corrected chi connectivity index (χ3v) is 2.76. The summed E-state index contributed by atoms with van der Waals surface area (Å²) in [6.07, 6.45) is 3.64. The molecule has 1 aliphatic carbocycles. The van der Waals surface area contributed by atoms with E-state index >= 15 is 0 Å². The van der Waals surface area contributed by atoms with Crippen molar-refractivity contribution in [2.24, 2.45) is 0 Å². The molecule has 0 radical (unpaired) electrons. The van der Waals surface area contributed by atoms with E-state index in [4.69, 9.17) is 4.52 Å². The molecule has 72 valence electrons. The fourth-order valence-corrected chi connectivity index (χ4v) is 2.08. The molecule has 1 aromatic rings. The zero-order valence-corrected chi connectivity index (χ0v) is 8.08. The van der Waals surface area contributed by atoms with Crippen molar-refractivity contribution < 1.29 is 4.52 Å². The molecular weight excluding hydrogens is 166 g/mol. The molecule has 1 fully saturated rings. The highest BCUT2D eigenvalue weighted by Crippen LogP contribution is 2.32. The molecule has 0 aromatic carbocycles. The van der Waals surface area contributed by atoms with Gasteiger partial charge in [-0.2, -0.15) is 4.98 Å². The minimum atomic E-state index is 0.447. The maximum atomic E-state index is 4.98. The Balaban J connectivity index is 2.15. The first kappa shape index (κ1) is 8.69. The zero-order valence-electron chi connectivity index (χ0n) is 8.08. The predicted octanol–water partition coefficient (Wildman–Crippen LogP) is 1.23. The number of hydrogen-bond donors (Lipinski definition) is 1. The smallest absolute Gasteiger partial charge is 0.223 e. The van der Waals surface area contributed by atoms with Crippen molar-refractivity contribution in [1.82, 2.24) is 15.5 Å². The Bertz CT molecular complexity index is 284. The first-order chi connectivity index (χ1) is 6.31. The Kier molecular flexibility index (Phi) is 2.31. The Hall–Kier alpha value is -0.900. The highest BCUT2D eigenvalue weighted by atomic mass is 16.5. The van der Waals surface area contributed by atoms with Crippen molar-refractivity contribution in [3.05, 3.63) is 11.7 Å². The van der Waals surface area contributed by atoms with E-state index in [0.717, 1.165) is 5.82 Å². The summed E-state index contributed by atoms with van der Waals surface area (Å²) in [5.41, 5.74) is 0. The van der Waals surface area contributed by atoms with Crippen molar-refractivity contribution in [1.29, 1.82) is 0 Å². The Morgan fingerprint density at radius 3 is 2.92 bits per heavy atom. The number of nitrogens with zero attached hydrogens (tertiary/aromatic N) is 2. The molecule has 2 rings (SSSR count). The van der Waals surface area contributed by atoms with E-state index in [1.165, 1.54) is 19.3 Å². The van der Waals surface area contributed by atoms with E-state index < -0.39 is 0 Å². The van der Waals surface area contributed by atoms with Crippen LogP contribution in [0.15, 0.2) is 4.52 Å². The molecule has 0 bridgehead atoms. The van der Waals surface area contributed by atoms with Gasteiger partial charge in [-0.25, -0.2) is 0 Å². The minimum absolute atomic E-state index is 0.447. The molecule has 0 aliphatic heterocycles. The molecule has 1 heterocycles. The lowest BCUT2D eigenvalue weighted by Gasteiger charge is -2.14. The second-order valence-corrected chi connectivity index (χ2v) is 3.60. The monoisotopic (exact) mass is 181 g/mol. The van der Waals surface area contributed by atoms with Crippen molar-refractivity contribution in [3.63, 3.8) is 0 Å². The molecule has 0 spiro atoms. The molecule has 13 heavy (non-hydrogen) atoms. The Morgan fingerprint density at radius 1 is 1.46 bits per heavy atom. The summed E-state index contributed by atoms with van der Waals surface area (Å²) in [6.45, 7) is 1.83. The third-order valence-electron chi connectivity index (χ3n) is 2.76. The van der Waals surface area contributed by atoms with Crippen molar-refractivity contribution >= 4 is 0 Å². The van der Waals surface area contributed by atoms with Gasteiger partial charge in [-0.15, -0.1) is 0 Å². The number of hydrogen-bond acceptors (Lipinski definition) is 4. The molecule has 1 aromatic heterocycles. The lowest BCUT2D eigenvalue weighted by molar-refractivity contribution is 0.378. The molecule has 0 amide bonds. The van der Waals surface area contributed by atoms with Gasteiger partial charge in [0.1, 0.15) is 0 Å². The van der Waals surface area contributed by atoms with Gasteiger partial charge < -0.3 is 9.84 Å². The highest BCUT2D eigenvalue weighted by Gasteiger charge is 2.30. The first-order valence-corrected chi connectivity index (χ1v) is 4.78. The van der Waals surface area contributed by atoms with Crippen LogP contribution in [-0.2, 0) is 0 Å². The predicted molar refractivity (Wildman–Crippen MR) is 48.5 cm³/mol. The molecule has 4 heteroatoms. The number of aryl methyl sites for hydroxylation is 1. The number of likely N-dealkylation sites (N-methyl/N-ethyl adjacent to an activating group) is 1. The maximum Gasteiger partial charge on any atom is 0.223 e. The van der Waals surface area contributed by atoms with Crippen LogP contribution in [0.2, 0.25) is 0 Å². The average molecular weight is 181 g/mol. The largest absolute Gasteiger partial charge is 0.340 e. The van der Waals surface area contributed by atoms with Gasteiger partial charge in [0, 0.05) is 18.9 Å². The number of aromatic nitrogens is 2. The fraction of sp³-hybridized carbons (Fsp3) is 0.778. The summed E-state index contributed by atoms with van der Waals surface area (Å²) in [6, 6.07) is 0.525. The van der Waals surface area contributed by atoms with Crippen LogP contribution in [0.1, 0.15) is 36.9 Å². The first-order valence-electron chi connectivity index (χ1n) is 4.78. The SMILES string of the molecule is CN[C@@H]1CCC[C@@H]1c1noc(C)n1. The third kappa shape index (κ3) is 1.58. The summed E-state index contributed by atoms with van der Waals surface area (Å²) in [5.74, 6) is 1.98. The molecule has 4 nitrogen and oxygen atoms in total. The molecule has 2 atom stereocenters. The van der Waals surface area contributed by atoms with E-state index in [1.807, 2.05) is 14.0 Å². The van der Waals surface area contributed by atoms with Gasteiger partial charge in [0.25, 0.3) is 0 Å². The van der Waals surface area contributed by atoms with Crippen LogP contribution >= 0.6 is 0 Å². The number of rotatable bonds is 2. The zero-order chi connectivity index (χ0) is 9.26. The summed E-state index contributed by atoms with van der Waals surface area (Å²) < 4.78 is 4.98. The molecule has 1 aliphatic rings. The maximum absolute atomic E-state index is 4.98. The van der Waals surface area contributed by atoms with Crippen LogP contribution in [0.5, 0.6) is 0 Å². The molecular formula is C9H15N3O. The van der Waals surface area contributed by atoms with E-state index in [2.05, 4.69) is 15.5 Å².